The number of nitrogens with zero attached hydrogens (tertiary/aromatic N) is 2. The lowest BCUT2D eigenvalue weighted by atomic mass is 10.1. The van der Waals surface area contributed by atoms with Crippen LogP contribution in [0, 0.1) is 26.2 Å². The van der Waals surface area contributed by atoms with Gasteiger partial charge in [-0.25, -0.2) is 0 Å². The second-order valence-corrected chi connectivity index (χ2v) is 8.43. The van der Waals surface area contributed by atoms with E-state index in [0.29, 0.717) is 28.3 Å². The minimum absolute atomic E-state index is 0.0333. The first-order valence-corrected chi connectivity index (χ1v) is 11.6. The summed E-state index contributed by atoms with van der Waals surface area (Å²) in [7, 11) is 1.52. The Morgan fingerprint density at radius 2 is 1.85 bits per heavy atom. The summed E-state index contributed by atoms with van der Waals surface area (Å²) in [5.41, 5.74) is 3.69. The molecule has 0 saturated heterocycles. The predicted molar refractivity (Wildman–Crippen MR) is 139 cm³/mol. The van der Waals surface area contributed by atoms with Crippen LogP contribution in [0.25, 0.3) is 6.08 Å². The van der Waals surface area contributed by atoms with Crippen LogP contribution in [0.4, 0.5) is 5.69 Å². The molecular formula is C27H22IN3O3. The molecule has 3 aromatic rings. The van der Waals surface area contributed by atoms with Gasteiger partial charge in [-0.05, 0) is 76.5 Å². The molecule has 6 nitrogen and oxygen atoms in total. The Morgan fingerprint density at radius 1 is 1.12 bits per heavy atom. The summed E-state index contributed by atoms with van der Waals surface area (Å²) in [6.07, 6.45) is 2.41. The van der Waals surface area contributed by atoms with Crippen LogP contribution in [0.5, 0.6) is 11.5 Å². The standard InChI is InChI=1S/C27H22IN3O3/c1-3-18-8-10-23(11-9-18)31-27(32)22(16-30)12-19-13-24(28)26(25(14-19)33-2)34-17-21-7-5-4-6-20(21)15-29/h4-14H,3,17H2,1-2H3,(H,31,32)/b22-12+. The molecule has 1 amide bonds. The van der Waals surface area contributed by atoms with Gasteiger partial charge in [-0.3, -0.25) is 4.79 Å². The van der Waals surface area contributed by atoms with Crippen LogP contribution in [-0.2, 0) is 17.8 Å². The molecule has 0 spiro atoms. The minimum Gasteiger partial charge on any atom is -0.493 e. The zero-order valence-electron chi connectivity index (χ0n) is 18.8. The van der Waals surface area contributed by atoms with Gasteiger partial charge in [-0.2, -0.15) is 10.5 Å². The number of nitrogens with one attached hydrogen (secondary N) is 1. The zero-order valence-corrected chi connectivity index (χ0v) is 20.9. The molecule has 0 saturated carbocycles. The summed E-state index contributed by atoms with van der Waals surface area (Å²) in [6.45, 7) is 2.26. The zero-order chi connectivity index (χ0) is 24.5. The lowest BCUT2D eigenvalue weighted by Gasteiger charge is -2.14. The highest BCUT2D eigenvalue weighted by atomic mass is 127. The SMILES string of the molecule is CCc1ccc(NC(=O)/C(C#N)=C/c2cc(I)c(OCc3ccccc3C#N)c(OC)c2)cc1. The molecule has 0 aliphatic rings. The summed E-state index contributed by atoms with van der Waals surface area (Å²) in [5, 5.41) is 21.6. The largest absolute Gasteiger partial charge is 0.493 e. The fourth-order valence-corrected chi connectivity index (χ4v) is 3.99. The van der Waals surface area contributed by atoms with E-state index in [4.69, 9.17) is 9.47 Å². The van der Waals surface area contributed by atoms with Gasteiger partial charge in [-0.1, -0.05) is 37.3 Å². The average molecular weight is 563 g/mol. The molecule has 0 bridgehead atoms. The van der Waals surface area contributed by atoms with Gasteiger partial charge in [0.1, 0.15) is 18.2 Å². The number of carbonyl (C=O) groups is 1. The lowest BCUT2D eigenvalue weighted by Crippen LogP contribution is -2.13. The second kappa shape index (κ2) is 11.9. The van der Waals surface area contributed by atoms with E-state index in [1.807, 2.05) is 42.5 Å². The first-order valence-electron chi connectivity index (χ1n) is 10.5. The third-order valence-corrected chi connectivity index (χ3v) is 5.86. The van der Waals surface area contributed by atoms with Crippen LogP contribution < -0.4 is 14.8 Å². The van der Waals surface area contributed by atoms with Crippen LogP contribution in [0.15, 0.2) is 66.2 Å². The van der Waals surface area contributed by atoms with E-state index in [-0.39, 0.29) is 12.2 Å². The van der Waals surface area contributed by atoms with Crippen molar-refractivity contribution in [3.63, 3.8) is 0 Å². The van der Waals surface area contributed by atoms with Gasteiger partial charge in [-0.15, -0.1) is 0 Å². The van der Waals surface area contributed by atoms with Crippen molar-refractivity contribution in [1.82, 2.24) is 0 Å². The smallest absolute Gasteiger partial charge is 0.266 e. The maximum absolute atomic E-state index is 12.6. The highest BCUT2D eigenvalue weighted by molar-refractivity contribution is 14.1. The van der Waals surface area contributed by atoms with Crippen molar-refractivity contribution in [1.29, 1.82) is 10.5 Å². The van der Waals surface area contributed by atoms with E-state index in [1.165, 1.54) is 13.2 Å². The van der Waals surface area contributed by atoms with Crippen molar-refractivity contribution >= 4 is 40.3 Å². The Hall–Kier alpha value is -3.82. The van der Waals surface area contributed by atoms with Crippen LogP contribution in [-0.4, -0.2) is 13.0 Å². The van der Waals surface area contributed by atoms with Gasteiger partial charge in [0.25, 0.3) is 5.91 Å². The van der Waals surface area contributed by atoms with E-state index in [1.54, 1.807) is 24.3 Å². The summed E-state index contributed by atoms with van der Waals surface area (Å²) in [6, 6.07) is 22.4. The number of ether oxygens (including phenoxy) is 2. The molecule has 0 aliphatic heterocycles. The molecule has 0 heterocycles. The third-order valence-electron chi connectivity index (χ3n) is 5.06. The van der Waals surface area contributed by atoms with E-state index < -0.39 is 5.91 Å². The number of aryl methyl sites for hydroxylation is 1. The first-order chi connectivity index (χ1) is 16.5. The number of benzene rings is 3. The normalized spacial score (nSPS) is 10.7. The quantitative estimate of drug-likeness (QED) is 0.211. The van der Waals surface area contributed by atoms with Crippen molar-refractivity contribution in [3.8, 4) is 23.6 Å². The molecule has 1 N–H and O–H groups in total. The fraction of sp³-hybridized carbons (Fsp3) is 0.148. The fourth-order valence-electron chi connectivity index (χ4n) is 3.21. The third kappa shape index (κ3) is 6.15. The predicted octanol–water partition coefficient (Wildman–Crippen LogP) is 5.86. The number of anilines is 1. The number of rotatable bonds is 8. The summed E-state index contributed by atoms with van der Waals surface area (Å²) in [4.78, 5) is 12.6. The molecule has 0 fully saturated rings. The molecule has 0 unspecified atom stereocenters. The molecule has 0 atom stereocenters. The number of amides is 1. The molecule has 170 valence electrons. The topological polar surface area (TPSA) is 95.1 Å². The van der Waals surface area contributed by atoms with E-state index in [2.05, 4.69) is 40.9 Å². The van der Waals surface area contributed by atoms with E-state index in [0.717, 1.165) is 21.1 Å². The Bertz CT molecular complexity index is 1300. The monoisotopic (exact) mass is 563 g/mol. The summed E-state index contributed by atoms with van der Waals surface area (Å²) in [5.74, 6) is 0.488. The van der Waals surface area contributed by atoms with Gasteiger partial charge in [0.15, 0.2) is 11.5 Å². The molecule has 0 aromatic heterocycles. The van der Waals surface area contributed by atoms with Crippen LogP contribution in [0.1, 0.15) is 29.2 Å². The molecular weight excluding hydrogens is 541 g/mol. The van der Waals surface area contributed by atoms with E-state index >= 15 is 0 Å². The van der Waals surface area contributed by atoms with Gasteiger partial charge < -0.3 is 14.8 Å². The van der Waals surface area contributed by atoms with Crippen LogP contribution >= 0.6 is 22.6 Å². The van der Waals surface area contributed by atoms with E-state index in [9.17, 15) is 15.3 Å². The number of carbonyl (C=O) groups excluding carboxylic acids is 1. The maximum Gasteiger partial charge on any atom is 0.266 e. The number of halogens is 1. The van der Waals surface area contributed by atoms with Gasteiger partial charge >= 0.3 is 0 Å². The highest BCUT2D eigenvalue weighted by Crippen LogP contribution is 2.35. The Balaban J connectivity index is 1.81. The lowest BCUT2D eigenvalue weighted by molar-refractivity contribution is -0.112. The highest BCUT2D eigenvalue weighted by Gasteiger charge is 2.15. The van der Waals surface area contributed by atoms with Crippen LogP contribution in [0.2, 0.25) is 0 Å². The average Bonchev–Trinajstić information content (AvgIpc) is 2.86. The summed E-state index contributed by atoms with van der Waals surface area (Å²) < 4.78 is 12.2. The second-order valence-electron chi connectivity index (χ2n) is 7.27. The van der Waals surface area contributed by atoms with Crippen molar-refractivity contribution in [2.45, 2.75) is 20.0 Å². The molecule has 7 heteroatoms. The van der Waals surface area contributed by atoms with Crippen molar-refractivity contribution in [3.05, 3.63) is 92.1 Å². The Kier molecular flexibility index (Phi) is 8.66. The Morgan fingerprint density at radius 3 is 2.50 bits per heavy atom. The molecule has 3 rings (SSSR count). The number of hydrogen-bond acceptors (Lipinski definition) is 5. The molecule has 34 heavy (non-hydrogen) atoms. The molecule has 0 aliphatic carbocycles. The summed E-state index contributed by atoms with van der Waals surface area (Å²) >= 11 is 2.11. The van der Waals surface area contributed by atoms with Crippen molar-refractivity contribution in [2.24, 2.45) is 0 Å². The van der Waals surface area contributed by atoms with Gasteiger partial charge in [0.2, 0.25) is 0 Å². The van der Waals surface area contributed by atoms with Crippen molar-refractivity contribution < 1.29 is 14.3 Å². The van der Waals surface area contributed by atoms with Crippen LogP contribution in [0.3, 0.4) is 0 Å². The maximum atomic E-state index is 12.6. The first kappa shape index (κ1) is 24.8. The minimum atomic E-state index is -0.492. The molecule has 3 aromatic carbocycles. The molecule has 0 radical (unpaired) electrons. The van der Waals surface area contributed by atoms with Gasteiger partial charge in [0.05, 0.1) is 22.3 Å². The Labute approximate surface area is 212 Å². The van der Waals surface area contributed by atoms with Gasteiger partial charge in [0, 0.05) is 11.3 Å². The number of hydrogen-bond donors (Lipinski definition) is 1. The number of nitriles is 2. The number of methoxy groups -OCH3 is 1. The van der Waals surface area contributed by atoms with Crippen molar-refractivity contribution in [2.75, 3.05) is 12.4 Å².